The van der Waals surface area contributed by atoms with Crippen LogP contribution in [-0.4, -0.2) is 39.8 Å². The molecule has 4 heterocycles. The van der Waals surface area contributed by atoms with Crippen LogP contribution in [0, 0.1) is 5.92 Å². The van der Waals surface area contributed by atoms with Crippen molar-refractivity contribution in [3.8, 4) is 17.0 Å². The predicted octanol–water partition coefficient (Wildman–Crippen LogP) is 4.49. The normalized spacial score (nSPS) is 18.0. The molecule has 0 bridgehead atoms. The first-order valence-electron chi connectivity index (χ1n) is 12.2. The SMILES string of the molecule is CC(C)c1c(-c2c[nH]c3ccc(OCCC4CCNCC4)cc23)nc2n(c1=O)CC(C)(C)N2. The Morgan fingerprint density at radius 2 is 2.03 bits per heavy atom. The van der Waals surface area contributed by atoms with Crippen molar-refractivity contribution in [2.24, 2.45) is 5.92 Å². The number of aromatic amines is 1. The van der Waals surface area contributed by atoms with Crippen LogP contribution in [0.1, 0.15) is 58.4 Å². The number of hydrogen-bond donors (Lipinski definition) is 3. The zero-order valence-electron chi connectivity index (χ0n) is 20.1. The quantitative estimate of drug-likeness (QED) is 0.516. The van der Waals surface area contributed by atoms with Crippen molar-refractivity contribution in [1.82, 2.24) is 19.9 Å². The number of H-pyrrole nitrogens is 1. The number of anilines is 1. The first kappa shape index (κ1) is 22.0. The van der Waals surface area contributed by atoms with E-state index in [2.05, 4.69) is 55.4 Å². The summed E-state index contributed by atoms with van der Waals surface area (Å²) in [5, 5.41) is 7.87. The summed E-state index contributed by atoms with van der Waals surface area (Å²) in [6, 6.07) is 6.15. The molecule has 176 valence electrons. The number of piperidine rings is 1. The Bertz CT molecular complexity index is 1220. The minimum atomic E-state index is -0.193. The number of ether oxygens (including phenoxy) is 1. The van der Waals surface area contributed by atoms with Crippen molar-refractivity contribution in [2.45, 2.75) is 65.0 Å². The molecular weight excluding hydrogens is 414 g/mol. The highest BCUT2D eigenvalue weighted by Gasteiger charge is 2.32. The van der Waals surface area contributed by atoms with E-state index in [1.807, 2.05) is 12.3 Å². The number of nitrogens with zero attached hydrogens (tertiary/aromatic N) is 2. The minimum absolute atomic E-state index is 0.0480. The second-order valence-electron chi connectivity index (χ2n) is 10.5. The smallest absolute Gasteiger partial charge is 0.259 e. The lowest BCUT2D eigenvalue weighted by Crippen LogP contribution is -2.30. The topological polar surface area (TPSA) is 84.0 Å². The zero-order chi connectivity index (χ0) is 23.2. The zero-order valence-corrected chi connectivity index (χ0v) is 20.1. The molecule has 2 aromatic heterocycles. The standard InChI is InChI=1S/C26H35N5O2/c1-16(2)22-23(29-25-30-26(3,4)15-31(25)24(22)32)20-14-28-21-6-5-18(13-19(20)21)33-12-9-17-7-10-27-11-8-17/h5-6,13-14,16-17,27-28H,7-12,15H2,1-4H3,(H,29,30). The van der Waals surface area contributed by atoms with Crippen LogP contribution >= 0.6 is 0 Å². The van der Waals surface area contributed by atoms with Gasteiger partial charge in [0, 0.05) is 28.2 Å². The third-order valence-electron chi connectivity index (χ3n) is 6.95. The molecule has 0 amide bonds. The number of fused-ring (bicyclic) bond motifs is 2. The Hall–Kier alpha value is -2.80. The summed E-state index contributed by atoms with van der Waals surface area (Å²) in [5.74, 6) is 2.32. The van der Waals surface area contributed by atoms with E-state index in [0.717, 1.165) is 65.5 Å². The molecule has 0 saturated carbocycles. The molecule has 3 aromatic rings. The minimum Gasteiger partial charge on any atom is -0.494 e. The molecule has 0 spiro atoms. The molecule has 3 N–H and O–H groups in total. The van der Waals surface area contributed by atoms with E-state index in [1.165, 1.54) is 12.8 Å². The fraction of sp³-hybridized carbons (Fsp3) is 0.538. The summed E-state index contributed by atoms with van der Waals surface area (Å²) in [6.45, 7) is 11.9. The molecule has 7 nitrogen and oxygen atoms in total. The first-order valence-corrected chi connectivity index (χ1v) is 12.2. The Balaban J connectivity index is 1.48. The molecule has 2 aliphatic rings. The summed E-state index contributed by atoms with van der Waals surface area (Å²) in [6.07, 6.45) is 5.51. The molecule has 0 unspecified atom stereocenters. The number of nitrogens with one attached hydrogen (secondary N) is 3. The highest BCUT2D eigenvalue weighted by atomic mass is 16.5. The summed E-state index contributed by atoms with van der Waals surface area (Å²) in [5.41, 5.74) is 3.33. The van der Waals surface area contributed by atoms with Gasteiger partial charge in [-0.05, 0) is 76.2 Å². The van der Waals surface area contributed by atoms with Gasteiger partial charge in [0.15, 0.2) is 0 Å². The highest BCUT2D eigenvalue weighted by Crippen LogP contribution is 2.35. The van der Waals surface area contributed by atoms with Gasteiger partial charge in [0.25, 0.3) is 5.56 Å². The fourth-order valence-electron chi connectivity index (χ4n) is 5.17. The maximum atomic E-state index is 13.4. The number of hydrogen-bond acceptors (Lipinski definition) is 5. The molecule has 1 aromatic carbocycles. The Labute approximate surface area is 195 Å². The van der Waals surface area contributed by atoms with Gasteiger partial charge in [-0.1, -0.05) is 13.8 Å². The summed E-state index contributed by atoms with van der Waals surface area (Å²) in [4.78, 5) is 21.8. The van der Waals surface area contributed by atoms with Crippen molar-refractivity contribution in [3.63, 3.8) is 0 Å². The van der Waals surface area contributed by atoms with Gasteiger partial charge in [-0.3, -0.25) is 9.36 Å². The third-order valence-corrected chi connectivity index (χ3v) is 6.95. The summed E-state index contributed by atoms with van der Waals surface area (Å²) in [7, 11) is 0. The van der Waals surface area contributed by atoms with Crippen molar-refractivity contribution in [3.05, 3.63) is 40.3 Å². The molecule has 5 rings (SSSR count). The lowest BCUT2D eigenvalue weighted by molar-refractivity contribution is 0.252. The average molecular weight is 450 g/mol. The predicted molar refractivity (Wildman–Crippen MR) is 133 cm³/mol. The van der Waals surface area contributed by atoms with Gasteiger partial charge < -0.3 is 20.4 Å². The van der Waals surface area contributed by atoms with Gasteiger partial charge in [0.05, 0.1) is 24.4 Å². The van der Waals surface area contributed by atoms with Crippen molar-refractivity contribution >= 4 is 16.9 Å². The van der Waals surface area contributed by atoms with Gasteiger partial charge in [0.2, 0.25) is 5.95 Å². The van der Waals surface area contributed by atoms with E-state index in [1.54, 1.807) is 4.57 Å². The molecule has 33 heavy (non-hydrogen) atoms. The van der Waals surface area contributed by atoms with E-state index < -0.39 is 0 Å². The van der Waals surface area contributed by atoms with Crippen LogP contribution in [0.4, 0.5) is 5.95 Å². The lowest BCUT2D eigenvalue weighted by Gasteiger charge is -2.22. The van der Waals surface area contributed by atoms with Gasteiger partial charge in [0.1, 0.15) is 5.75 Å². The molecule has 0 aliphatic carbocycles. The van der Waals surface area contributed by atoms with Gasteiger partial charge in [-0.25, -0.2) is 4.98 Å². The monoisotopic (exact) mass is 449 g/mol. The van der Waals surface area contributed by atoms with E-state index in [0.29, 0.717) is 12.5 Å². The number of benzene rings is 1. The average Bonchev–Trinajstić information content (AvgIpc) is 3.33. The Morgan fingerprint density at radius 3 is 2.79 bits per heavy atom. The van der Waals surface area contributed by atoms with Crippen LogP contribution in [0.3, 0.4) is 0 Å². The molecule has 7 heteroatoms. The lowest BCUT2D eigenvalue weighted by atomic mass is 9.95. The van der Waals surface area contributed by atoms with E-state index in [9.17, 15) is 4.79 Å². The largest absolute Gasteiger partial charge is 0.494 e. The van der Waals surface area contributed by atoms with E-state index in [4.69, 9.17) is 9.72 Å². The summed E-state index contributed by atoms with van der Waals surface area (Å²) >= 11 is 0. The van der Waals surface area contributed by atoms with E-state index in [-0.39, 0.29) is 17.0 Å². The molecule has 0 atom stereocenters. The maximum Gasteiger partial charge on any atom is 0.259 e. The number of aromatic nitrogens is 3. The molecule has 1 saturated heterocycles. The molecular formula is C26H35N5O2. The van der Waals surface area contributed by atoms with Crippen molar-refractivity contribution in [1.29, 1.82) is 0 Å². The highest BCUT2D eigenvalue weighted by molar-refractivity contribution is 5.96. The van der Waals surface area contributed by atoms with Crippen molar-refractivity contribution in [2.75, 3.05) is 25.0 Å². The fourth-order valence-corrected chi connectivity index (χ4v) is 5.17. The van der Waals surface area contributed by atoms with Crippen LogP contribution in [-0.2, 0) is 6.54 Å². The molecule has 2 aliphatic heterocycles. The van der Waals surface area contributed by atoms with Crippen LogP contribution < -0.4 is 20.9 Å². The van der Waals surface area contributed by atoms with E-state index >= 15 is 0 Å². The van der Waals surface area contributed by atoms with Gasteiger partial charge >= 0.3 is 0 Å². The van der Waals surface area contributed by atoms with Crippen LogP contribution in [0.2, 0.25) is 0 Å². The third kappa shape index (κ3) is 4.26. The van der Waals surface area contributed by atoms with Crippen LogP contribution in [0.15, 0.2) is 29.2 Å². The van der Waals surface area contributed by atoms with Crippen molar-refractivity contribution < 1.29 is 4.74 Å². The van der Waals surface area contributed by atoms with Crippen LogP contribution in [0.25, 0.3) is 22.2 Å². The molecule has 1 fully saturated rings. The second kappa shape index (κ2) is 8.52. The Morgan fingerprint density at radius 1 is 1.24 bits per heavy atom. The maximum absolute atomic E-state index is 13.4. The van der Waals surface area contributed by atoms with Crippen LogP contribution in [0.5, 0.6) is 5.75 Å². The van der Waals surface area contributed by atoms with Gasteiger partial charge in [-0.2, -0.15) is 0 Å². The number of rotatable bonds is 6. The first-order chi connectivity index (χ1) is 15.8. The second-order valence-corrected chi connectivity index (χ2v) is 10.5. The molecule has 0 radical (unpaired) electrons. The van der Waals surface area contributed by atoms with Gasteiger partial charge in [-0.15, -0.1) is 0 Å². The summed E-state index contributed by atoms with van der Waals surface area (Å²) < 4.78 is 7.93. The Kier molecular flexibility index (Phi) is 5.69.